The topological polar surface area (TPSA) is 76.4 Å². The van der Waals surface area contributed by atoms with Gasteiger partial charge in [-0.15, -0.1) is 0 Å². The molecule has 0 saturated heterocycles. The standard InChI is InChI=1S/C9H20N4/c1-7(12-9(10)13-11)8-5-3-2-4-6-8/h7-8H,2-6,11H2,1H3,(H3,10,12,13)/t7-/m0/s1. The molecule has 1 rings (SSSR count). The minimum atomic E-state index is 0.302. The van der Waals surface area contributed by atoms with E-state index in [-0.39, 0.29) is 0 Å². The molecule has 4 heteroatoms. The molecule has 0 spiro atoms. The van der Waals surface area contributed by atoms with E-state index in [1.165, 1.54) is 32.1 Å². The van der Waals surface area contributed by atoms with Crippen LogP contribution in [0.5, 0.6) is 0 Å². The molecule has 0 unspecified atom stereocenters. The summed E-state index contributed by atoms with van der Waals surface area (Å²) in [5.41, 5.74) is 7.86. The van der Waals surface area contributed by atoms with Crippen molar-refractivity contribution in [3.8, 4) is 0 Å². The lowest BCUT2D eigenvalue weighted by Gasteiger charge is -2.25. The number of hydrogen-bond acceptors (Lipinski definition) is 2. The van der Waals surface area contributed by atoms with Gasteiger partial charge in [-0.25, -0.2) is 10.8 Å². The maximum absolute atomic E-state index is 5.49. The van der Waals surface area contributed by atoms with Crippen molar-refractivity contribution in [2.45, 2.75) is 45.1 Å². The van der Waals surface area contributed by atoms with Gasteiger partial charge in [0.1, 0.15) is 0 Å². The molecule has 1 aliphatic rings. The Bertz CT molecular complexity index is 172. The minimum Gasteiger partial charge on any atom is -0.369 e. The van der Waals surface area contributed by atoms with Gasteiger partial charge in [-0.2, -0.15) is 0 Å². The Hall–Kier alpha value is -0.770. The third-order valence-electron chi connectivity index (χ3n) is 2.82. The average Bonchev–Trinajstić information content (AvgIpc) is 2.19. The molecule has 0 bridgehead atoms. The van der Waals surface area contributed by atoms with E-state index in [1.807, 2.05) is 0 Å². The largest absolute Gasteiger partial charge is 0.369 e. The summed E-state index contributed by atoms with van der Waals surface area (Å²) >= 11 is 0. The van der Waals surface area contributed by atoms with Gasteiger partial charge in [0.15, 0.2) is 0 Å². The summed E-state index contributed by atoms with van der Waals surface area (Å²) in [4.78, 5) is 4.28. The number of aliphatic imine (C=N–C) groups is 1. The monoisotopic (exact) mass is 184 g/mol. The number of guanidine groups is 1. The second-order valence-electron chi connectivity index (χ2n) is 3.80. The molecule has 0 aromatic carbocycles. The van der Waals surface area contributed by atoms with E-state index >= 15 is 0 Å². The molecule has 0 heterocycles. The van der Waals surface area contributed by atoms with Crippen molar-refractivity contribution < 1.29 is 0 Å². The zero-order chi connectivity index (χ0) is 9.68. The summed E-state index contributed by atoms with van der Waals surface area (Å²) in [6.45, 7) is 2.11. The maximum atomic E-state index is 5.49. The molecule has 0 aliphatic heterocycles. The van der Waals surface area contributed by atoms with Crippen LogP contribution in [0.2, 0.25) is 0 Å². The van der Waals surface area contributed by atoms with Crippen LogP contribution in [-0.2, 0) is 0 Å². The molecule has 0 amide bonds. The van der Waals surface area contributed by atoms with Gasteiger partial charge in [0.25, 0.3) is 0 Å². The summed E-state index contributed by atoms with van der Waals surface area (Å²) in [6.07, 6.45) is 6.60. The number of nitrogens with zero attached hydrogens (tertiary/aromatic N) is 1. The van der Waals surface area contributed by atoms with Gasteiger partial charge in [0.05, 0.1) is 6.04 Å². The molecular weight excluding hydrogens is 164 g/mol. The van der Waals surface area contributed by atoms with Gasteiger partial charge >= 0.3 is 0 Å². The Morgan fingerprint density at radius 3 is 2.54 bits per heavy atom. The molecule has 0 radical (unpaired) electrons. The Labute approximate surface area is 79.7 Å². The molecule has 5 N–H and O–H groups in total. The van der Waals surface area contributed by atoms with Crippen LogP contribution in [-0.4, -0.2) is 12.0 Å². The minimum absolute atomic E-state index is 0.302. The molecule has 0 aromatic rings. The summed E-state index contributed by atoms with van der Waals surface area (Å²) in [7, 11) is 0. The molecule has 0 aromatic heterocycles. The van der Waals surface area contributed by atoms with E-state index in [1.54, 1.807) is 0 Å². The molecule has 1 aliphatic carbocycles. The van der Waals surface area contributed by atoms with Crippen LogP contribution in [0.4, 0.5) is 0 Å². The van der Waals surface area contributed by atoms with Crippen molar-refractivity contribution in [2.24, 2.45) is 22.5 Å². The Morgan fingerprint density at radius 1 is 1.38 bits per heavy atom. The number of hydrazine groups is 1. The van der Waals surface area contributed by atoms with Crippen molar-refractivity contribution in [1.82, 2.24) is 5.43 Å². The van der Waals surface area contributed by atoms with Crippen LogP contribution < -0.4 is 17.0 Å². The van der Waals surface area contributed by atoms with E-state index in [0.29, 0.717) is 17.9 Å². The summed E-state index contributed by atoms with van der Waals surface area (Å²) < 4.78 is 0. The first-order valence-corrected chi connectivity index (χ1v) is 5.04. The summed E-state index contributed by atoms with van der Waals surface area (Å²) in [5.74, 6) is 6.18. The molecule has 13 heavy (non-hydrogen) atoms. The van der Waals surface area contributed by atoms with Crippen LogP contribution in [0.25, 0.3) is 0 Å². The number of nitrogens with two attached hydrogens (primary N) is 2. The fourth-order valence-electron chi connectivity index (χ4n) is 1.98. The normalized spacial score (nSPS) is 22.8. The van der Waals surface area contributed by atoms with Crippen molar-refractivity contribution in [3.63, 3.8) is 0 Å². The molecule has 1 atom stereocenters. The summed E-state index contributed by atoms with van der Waals surface area (Å²) in [5, 5.41) is 0. The lowest BCUT2D eigenvalue weighted by atomic mass is 9.85. The average molecular weight is 184 g/mol. The number of rotatable bonds is 2. The predicted octanol–water partition coefficient (Wildman–Crippen LogP) is 0.733. The van der Waals surface area contributed by atoms with E-state index in [4.69, 9.17) is 11.6 Å². The second-order valence-corrected chi connectivity index (χ2v) is 3.80. The SMILES string of the molecule is C[C@H](N=C(N)NN)C1CCCCC1. The fraction of sp³-hybridized carbons (Fsp3) is 0.889. The van der Waals surface area contributed by atoms with E-state index in [9.17, 15) is 0 Å². The van der Waals surface area contributed by atoms with Crippen LogP contribution in [0.1, 0.15) is 39.0 Å². The molecular formula is C9H20N4. The number of nitrogens with one attached hydrogen (secondary N) is 1. The van der Waals surface area contributed by atoms with Crippen molar-refractivity contribution in [1.29, 1.82) is 0 Å². The fourth-order valence-corrected chi connectivity index (χ4v) is 1.98. The smallest absolute Gasteiger partial charge is 0.203 e. The zero-order valence-electron chi connectivity index (χ0n) is 8.29. The Balaban J connectivity index is 2.41. The van der Waals surface area contributed by atoms with E-state index in [0.717, 1.165) is 0 Å². The van der Waals surface area contributed by atoms with Crippen molar-refractivity contribution in [3.05, 3.63) is 0 Å². The lowest BCUT2D eigenvalue weighted by Crippen LogP contribution is -2.38. The van der Waals surface area contributed by atoms with E-state index in [2.05, 4.69) is 17.3 Å². The van der Waals surface area contributed by atoms with Crippen molar-refractivity contribution >= 4 is 5.96 Å². The molecule has 1 fully saturated rings. The highest BCUT2D eigenvalue weighted by molar-refractivity contribution is 5.77. The Morgan fingerprint density at radius 2 is 2.00 bits per heavy atom. The molecule has 1 saturated carbocycles. The van der Waals surface area contributed by atoms with Crippen LogP contribution in [0.15, 0.2) is 4.99 Å². The van der Waals surface area contributed by atoms with Crippen LogP contribution in [0.3, 0.4) is 0 Å². The van der Waals surface area contributed by atoms with Gasteiger partial charge in [-0.1, -0.05) is 19.3 Å². The first-order chi connectivity index (χ1) is 6.24. The molecule has 76 valence electrons. The van der Waals surface area contributed by atoms with Gasteiger partial charge in [-0.05, 0) is 25.7 Å². The highest BCUT2D eigenvalue weighted by Gasteiger charge is 2.19. The lowest BCUT2D eigenvalue weighted by molar-refractivity contribution is 0.317. The third-order valence-corrected chi connectivity index (χ3v) is 2.82. The highest BCUT2D eigenvalue weighted by Crippen LogP contribution is 2.27. The van der Waals surface area contributed by atoms with Gasteiger partial charge in [0, 0.05) is 0 Å². The number of hydrogen-bond donors (Lipinski definition) is 3. The van der Waals surface area contributed by atoms with Crippen molar-refractivity contribution in [2.75, 3.05) is 0 Å². The molecule has 4 nitrogen and oxygen atoms in total. The van der Waals surface area contributed by atoms with E-state index < -0.39 is 0 Å². The van der Waals surface area contributed by atoms with Gasteiger partial charge < -0.3 is 5.73 Å². The van der Waals surface area contributed by atoms with Gasteiger partial charge in [-0.3, -0.25) is 5.43 Å². The predicted molar refractivity (Wildman–Crippen MR) is 55.0 cm³/mol. The third kappa shape index (κ3) is 3.22. The highest BCUT2D eigenvalue weighted by atomic mass is 15.3. The first kappa shape index (κ1) is 10.3. The van der Waals surface area contributed by atoms with Crippen LogP contribution in [0, 0.1) is 5.92 Å². The summed E-state index contributed by atoms with van der Waals surface area (Å²) in [6, 6.07) is 0.302. The second kappa shape index (κ2) is 5.07. The maximum Gasteiger partial charge on any atom is 0.203 e. The van der Waals surface area contributed by atoms with Gasteiger partial charge in [0.2, 0.25) is 5.96 Å². The quantitative estimate of drug-likeness (QED) is 0.256. The Kier molecular flexibility index (Phi) is 4.02. The first-order valence-electron chi connectivity index (χ1n) is 5.04. The zero-order valence-corrected chi connectivity index (χ0v) is 8.29. The van der Waals surface area contributed by atoms with Crippen LogP contribution >= 0.6 is 0 Å².